The summed E-state index contributed by atoms with van der Waals surface area (Å²) >= 11 is 0. The monoisotopic (exact) mass is 348 g/mol. The van der Waals surface area contributed by atoms with Gasteiger partial charge in [0, 0.05) is 24.5 Å². The van der Waals surface area contributed by atoms with Crippen LogP contribution in [0.25, 0.3) is 0 Å². The highest BCUT2D eigenvalue weighted by atomic mass is 16.5. The van der Waals surface area contributed by atoms with Crippen LogP contribution in [0.5, 0.6) is 0 Å². The first-order valence-electron chi connectivity index (χ1n) is 8.82. The third-order valence-electron chi connectivity index (χ3n) is 5.95. The van der Waals surface area contributed by atoms with Crippen LogP contribution >= 0.6 is 0 Å². The highest BCUT2D eigenvalue weighted by Crippen LogP contribution is 2.56. The van der Waals surface area contributed by atoms with E-state index in [0.29, 0.717) is 30.8 Å². The summed E-state index contributed by atoms with van der Waals surface area (Å²) in [6.07, 6.45) is 4.29. The van der Waals surface area contributed by atoms with E-state index in [4.69, 9.17) is 4.52 Å². The largest absolute Gasteiger partial charge is 0.351 e. The quantitative estimate of drug-likeness (QED) is 0.686. The molecule has 1 aromatic heterocycles. The molecule has 9 heteroatoms. The maximum atomic E-state index is 12.5. The number of rotatable bonds is 5. The van der Waals surface area contributed by atoms with Crippen LogP contribution in [-0.2, 0) is 11.3 Å². The number of nitrogens with zero attached hydrogens (tertiary/aromatic N) is 3. The second-order valence-electron chi connectivity index (χ2n) is 7.44. The summed E-state index contributed by atoms with van der Waals surface area (Å²) in [6, 6.07) is -0.136. The van der Waals surface area contributed by atoms with Gasteiger partial charge in [-0.05, 0) is 26.2 Å². The molecule has 0 bridgehead atoms. The zero-order valence-corrected chi connectivity index (χ0v) is 14.5. The van der Waals surface area contributed by atoms with Crippen LogP contribution in [0.3, 0.4) is 0 Å². The Kier molecular flexibility index (Phi) is 3.90. The molecule has 0 aromatic carbocycles. The highest BCUT2D eigenvalue weighted by molar-refractivity contribution is 5.90. The third-order valence-corrected chi connectivity index (χ3v) is 5.95. The van der Waals surface area contributed by atoms with Gasteiger partial charge in [-0.25, -0.2) is 4.79 Å². The van der Waals surface area contributed by atoms with Crippen LogP contribution in [0.15, 0.2) is 4.52 Å². The molecule has 3 N–H and O–H groups in total. The fraction of sp³-hybridized carbons (Fsp3) is 0.750. The van der Waals surface area contributed by atoms with E-state index in [1.807, 2.05) is 0 Å². The molecule has 3 aliphatic rings. The molecule has 1 saturated heterocycles. The zero-order valence-electron chi connectivity index (χ0n) is 14.5. The summed E-state index contributed by atoms with van der Waals surface area (Å²) in [6.45, 7) is 2.77. The molecule has 2 aliphatic carbocycles. The van der Waals surface area contributed by atoms with Gasteiger partial charge in [-0.2, -0.15) is 4.98 Å². The summed E-state index contributed by atoms with van der Waals surface area (Å²) in [4.78, 5) is 29.7. The second-order valence-corrected chi connectivity index (χ2v) is 7.44. The SMILES string of the molecule is Cc1noc(CNC2CC(NC(=O)C3CN(C)C(=O)N3)C23CCC3)n1. The number of aromatic nitrogens is 2. The molecule has 2 saturated carbocycles. The Bertz CT molecular complexity index is 685. The first kappa shape index (κ1) is 16.3. The number of likely N-dealkylation sites (N-methyl/N-ethyl adjacent to an activating group) is 1. The fourth-order valence-corrected chi connectivity index (χ4v) is 4.26. The summed E-state index contributed by atoms with van der Waals surface area (Å²) in [5.41, 5.74) is 0.124. The van der Waals surface area contributed by atoms with Gasteiger partial charge in [0.1, 0.15) is 6.04 Å². The lowest BCUT2D eigenvalue weighted by Gasteiger charge is -2.61. The maximum Gasteiger partial charge on any atom is 0.317 e. The van der Waals surface area contributed by atoms with Crippen LogP contribution in [0.1, 0.15) is 37.4 Å². The number of amides is 3. The van der Waals surface area contributed by atoms with Gasteiger partial charge in [0.2, 0.25) is 11.8 Å². The lowest BCUT2D eigenvalue weighted by Crippen LogP contribution is -2.71. The number of nitrogens with one attached hydrogen (secondary N) is 3. The molecule has 1 aliphatic heterocycles. The van der Waals surface area contributed by atoms with Crippen LogP contribution in [-0.4, -0.2) is 58.7 Å². The Balaban J connectivity index is 1.32. The topological polar surface area (TPSA) is 112 Å². The van der Waals surface area contributed by atoms with Gasteiger partial charge in [-0.3, -0.25) is 4.79 Å². The molecule has 2 heterocycles. The van der Waals surface area contributed by atoms with Crippen molar-refractivity contribution >= 4 is 11.9 Å². The molecule has 0 radical (unpaired) electrons. The second kappa shape index (κ2) is 5.98. The van der Waals surface area contributed by atoms with Crippen molar-refractivity contribution < 1.29 is 14.1 Å². The van der Waals surface area contributed by atoms with Gasteiger partial charge in [0.15, 0.2) is 5.82 Å². The van der Waals surface area contributed by atoms with E-state index in [1.165, 1.54) is 11.3 Å². The van der Waals surface area contributed by atoms with Gasteiger partial charge in [-0.15, -0.1) is 0 Å². The predicted molar refractivity (Wildman–Crippen MR) is 87.4 cm³/mol. The number of carbonyl (C=O) groups excluding carboxylic acids is 2. The molecular weight excluding hydrogens is 324 g/mol. The fourth-order valence-electron chi connectivity index (χ4n) is 4.26. The summed E-state index contributed by atoms with van der Waals surface area (Å²) in [5, 5.41) is 13.2. The van der Waals surface area contributed by atoms with E-state index in [2.05, 4.69) is 26.1 Å². The summed E-state index contributed by atoms with van der Waals surface area (Å²) in [7, 11) is 1.69. The van der Waals surface area contributed by atoms with Crippen LogP contribution in [0, 0.1) is 12.3 Å². The first-order valence-corrected chi connectivity index (χ1v) is 8.82. The van der Waals surface area contributed by atoms with Crippen molar-refractivity contribution in [2.45, 2.75) is 57.3 Å². The Morgan fingerprint density at radius 3 is 2.80 bits per heavy atom. The van der Waals surface area contributed by atoms with E-state index in [0.717, 1.165) is 19.3 Å². The number of aryl methyl sites for hydroxylation is 1. The minimum atomic E-state index is -0.456. The molecule has 3 atom stereocenters. The zero-order chi connectivity index (χ0) is 17.6. The van der Waals surface area contributed by atoms with Crippen molar-refractivity contribution in [1.29, 1.82) is 0 Å². The smallest absolute Gasteiger partial charge is 0.317 e. The molecule has 3 unspecified atom stereocenters. The van der Waals surface area contributed by atoms with Crippen molar-refractivity contribution in [2.75, 3.05) is 13.6 Å². The van der Waals surface area contributed by atoms with Gasteiger partial charge in [0.25, 0.3) is 0 Å². The number of hydrogen-bond acceptors (Lipinski definition) is 6. The molecule has 1 spiro atoms. The van der Waals surface area contributed by atoms with Gasteiger partial charge in [0.05, 0.1) is 13.1 Å². The number of urea groups is 1. The van der Waals surface area contributed by atoms with Gasteiger partial charge < -0.3 is 25.4 Å². The average molecular weight is 348 g/mol. The average Bonchev–Trinajstić information content (AvgIpc) is 3.06. The van der Waals surface area contributed by atoms with Crippen molar-refractivity contribution in [1.82, 2.24) is 31.0 Å². The Morgan fingerprint density at radius 2 is 2.24 bits per heavy atom. The van der Waals surface area contributed by atoms with Crippen molar-refractivity contribution in [3.8, 4) is 0 Å². The Morgan fingerprint density at radius 1 is 1.44 bits per heavy atom. The van der Waals surface area contributed by atoms with Crippen LogP contribution in [0.2, 0.25) is 0 Å². The molecule has 4 rings (SSSR count). The van der Waals surface area contributed by atoms with Gasteiger partial charge in [-0.1, -0.05) is 11.6 Å². The maximum absolute atomic E-state index is 12.5. The molecule has 3 fully saturated rings. The molecule has 1 aromatic rings. The summed E-state index contributed by atoms with van der Waals surface area (Å²) < 4.78 is 5.14. The van der Waals surface area contributed by atoms with Crippen molar-refractivity contribution in [3.05, 3.63) is 11.7 Å². The minimum Gasteiger partial charge on any atom is -0.351 e. The molecule has 136 valence electrons. The first-order chi connectivity index (χ1) is 12.0. The van der Waals surface area contributed by atoms with Crippen molar-refractivity contribution in [3.63, 3.8) is 0 Å². The Labute approximate surface area is 145 Å². The standard InChI is InChI=1S/C16H24N6O3/c1-9-18-13(25-21-9)7-17-11-6-12(16(11)4-3-5-16)20-14(23)10-8-22(2)15(24)19-10/h10-12,17H,3-8H2,1-2H3,(H,19,24)(H,20,23). The van der Waals surface area contributed by atoms with E-state index in [9.17, 15) is 9.59 Å². The highest BCUT2D eigenvalue weighted by Gasteiger charge is 2.58. The van der Waals surface area contributed by atoms with Gasteiger partial charge >= 0.3 is 6.03 Å². The van der Waals surface area contributed by atoms with E-state index in [1.54, 1.807) is 14.0 Å². The van der Waals surface area contributed by atoms with E-state index >= 15 is 0 Å². The molecular formula is C16H24N6O3. The number of hydrogen-bond donors (Lipinski definition) is 3. The number of carbonyl (C=O) groups is 2. The normalized spacial score (nSPS) is 29.9. The molecule has 9 nitrogen and oxygen atoms in total. The summed E-state index contributed by atoms with van der Waals surface area (Å²) in [5.74, 6) is 1.15. The van der Waals surface area contributed by atoms with E-state index in [-0.39, 0.29) is 23.4 Å². The lowest BCUT2D eigenvalue weighted by atomic mass is 9.49. The van der Waals surface area contributed by atoms with Crippen molar-refractivity contribution in [2.24, 2.45) is 5.41 Å². The minimum absolute atomic E-state index is 0.0834. The third kappa shape index (κ3) is 2.76. The predicted octanol–water partition coefficient (Wildman–Crippen LogP) is -0.0814. The van der Waals surface area contributed by atoms with Crippen LogP contribution < -0.4 is 16.0 Å². The Hall–Kier alpha value is -2.16. The molecule has 3 amide bonds. The lowest BCUT2D eigenvalue weighted by molar-refractivity contribution is -0.130. The van der Waals surface area contributed by atoms with E-state index < -0.39 is 6.04 Å². The van der Waals surface area contributed by atoms with Crippen LogP contribution in [0.4, 0.5) is 4.79 Å². The molecule has 25 heavy (non-hydrogen) atoms.